The Morgan fingerprint density at radius 1 is 0.250 bits per heavy atom. The van der Waals surface area contributed by atoms with Crippen LogP contribution in [0.5, 0.6) is 0 Å². The molecule has 13 aromatic rings. The van der Waals surface area contributed by atoms with Gasteiger partial charge in [-0.1, -0.05) is 150 Å². The number of hydrogen-bond acceptors (Lipinski definition) is 0. The normalized spacial score (nSPS) is 12.7. The largest absolute Gasteiger partial charge is 0.336 e. The van der Waals surface area contributed by atoms with Crippen molar-refractivity contribution in [3.63, 3.8) is 0 Å². The minimum absolute atomic E-state index is 0.720. The average Bonchev–Trinajstić information content (AvgIpc) is 3.80. The molecule has 9 heteroatoms. The van der Waals surface area contributed by atoms with Crippen LogP contribution in [0.1, 0.15) is 16.7 Å². The van der Waals surface area contributed by atoms with Crippen LogP contribution in [0.3, 0.4) is 0 Å². The highest BCUT2D eigenvalue weighted by Gasteiger charge is 2.22. The molecule has 13 rings (SSSR count). The van der Waals surface area contributed by atoms with E-state index >= 15 is 0 Å². The number of hydrogen-bond donors (Lipinski definition) is 0. The average molecular weight is 1160 g/mol. The van der Waals surface area contributed by atoms with Crippen LogP contribution >= 0.6 is 95.6 Å². The predicted octanol–water partition coefficient (Wildman–Crippen LogP) is 17.5. The minimum Gasteiger partial charge on any atom is -0.336 e. The third-order valence-corrected chi connectivity index (χ3v) is 15.4. The van der Waals surface area contributed by atoms with Crippen molar-refractivity contribution in [3.05, 3.63) is 171 Å². The maximum absolute atomic E-state index is 3.87. The molecule has 288 valence electrons. The van der Waals surface area contributed by atoms with E-state index in [4.69, 9.17) is 0 Å². The van der Waals surface area contributed by atoms with Gasteiger partial charge in [-0.05, 0) is 122 Å². The standard InChI is InChI=1S/C51H27Br6N3/c52-34-10-28-1-2-29-11-35(53)17-41-47(29)46(28)40(16-34)58(41)22-25-7-26(23-59-42-18-36(54)12-30-3-4-31-13-37(55)19-43(59)49(31)48(30)42)9-27(8-25)24-60-44-20-38(56)14-32-5-6-33-15-39(57)21-45(60)51(33)50(32)44/h1-21H,22-24H2. The molecule has 0 spiro atoms. The maximum Gasteiger partial charge on any atom is 0.0512 e. The third-order valence-electron chi connectivity index (χ3n) is 12.6. The lowest BCUT2D eigenvalue weighted by molar-refractivity contribution is 0.821. The van der Waals surface area contributed by atoms with Crippen molar-refractivity contribution in [1.29, 1.82) is 0 Å². The van der Waals surface area contributed by atoms with Gasteiger partial charge < -0.3 is 13.7 Å². The quantitative estimate of drug-likeness (QED) is 0.147. The Hall–Kier alpha value is -3.96. The Kier molecular flexibility index (Phi) is 8.11. The molecule has 0 amide bonds. The lowest BCUT2D eigenvalue weighted by Crippen LogP contribution is -2.07. The summed E-state index contributed by atoms with van der Waals surface area (Å²) in [5, 5.41) is 15.4. The van der Waals surface area contributed by atoms with Crippen molar-refractivity contribution in [2.75, 3.05) is 0 Å². The van der Waals surface area contributed by atoms with Crippen LogP contribution in [0, 0.1) is 0 Å². The van der Waals surface area contributed by atoms with Gasteiger partial charge in [0.05, 0.1) is 33.1 Å². The van der Waals surface area contributed by atoms with Crippen molar-refractivity contribution in [2.24, 2.45) is 0 Å². The summed E-state index contributed by atoms with van der Waals surface area (Å²) in [6.45, 7) is 2.16. The van der Waals surface area contributed by atoms with Crippen LogP contribution in [-0.2, 0) is 19.6 Å². The minimum atomic E-state index is 0.720. The number of benzene rings is 10. The smallest absolute Gasteiger partial charge is 0.0512 e. The van der Waals surface area contributed by atoms with Crippen LogP contribution < -0.4 is 0 Å². The second-order valence-corrected chi connectivity index (χ2v) is 21.7. The van der Waals surface area contributed by atoms with Crippen molar-refractivity contribution in [1.82, 2.24) is 13.7 Å². The SMILES string of the molecule is Brc1cc2ccc3cc(Br)cc4c3c2c(c1)n4Cc1cc(Cn2c3cc(Br)cc4ccc5cc(Br)cc2c5c43)cc(Cn2c3cc(Br)cc4ccc5cc(Br)cc2c5c43)c1. The van der Waals surface area contributed by atoms with E-state index in [1.54, 1.807) is 0 Å². The van der Waals surface area contributed by atoms with Gasteiger partial charge in [0.1, 0.15) is 0 Å². The molecule has 0 saturated heterocycles. The monoisotopic (exact) mass is 1150 g/mol. The molecule has 3 nitrogen and oxygen atoms in total. The van der Waals surface area contributed by atoms with E-state index in [0.29, 0.717) is 0 Å². The number of aromatic nitrogens is 3. The summed E-state index contributed by atoms with van der Waals surface area (Å²) in [5.74, 6) is 0. The molecule has 0 N–H and O–H groups in total. The van der Waals surface area contributed by atoms with Gasteiger partial charge in [0.2, 0.25) is 0 Å². The summed E-state index contributed by atoms with van der Waals surface area (Å²) in [6.07, 6.45) is 0. The number of halogens is 6. The maximum atomic E-state index is 3.87. The van der Waals surface area contributed by atoms with E-state index < -0.39 is 0 Å². The molecule has 0 radical (unpaired) electrons. The summed E-state index contributed by atoms with van der Waals surface area (Å²) in [4.78, 5) is 0. The Bertz CT molecular complexity index is 3310. The van der Waals surface area contributed by atoms with E-state index in [0.717, 1.165) is 46.5 Å². The second kappa shape index (κ2) is 13.3. The molecular weight excluding hydrogens is 1130 g/mol. The lowest BCUT2D eigenvalue weighted by atomic mass is 10.0. The second-order valence-electron chi connectivity index (χ2n) is 16.3. The Labute approximate surface area is 393 Å². The predicted molar refractivity (Wildman–Crippen MR) is 274 cm³/mol. The zero-order valence-electron chi connectivity index (χ0n) is 31.4. The zero-order valence-corrected chi connectivity index (χ0v) is 40.9. The molecule has 0 atom stereocenters. The van der Waals surface area contributed by atoms with Crippen molar-refractivity contribution < 1.29 is 0 Å². The van der Waals surface area contributed by atoms with Gasteiger partial charge in [0.15, 0.2) is 0 Å². The molecule has 3 heterocycles. The van der Waals surface area contributed by atoms with Crippen molar-refractivity contribution >= 4 is 193 Å². The molecule has 0 aliphatic heterocycles. The molecule has 0 saturated carbocycles. The first-order valence-corrected chi connectivity index (χ1v) is 24.4. The van der Waals surface area contributed by atoms with Crippen LogP contribution in [0.2, 0.25) is 0 Å². The van der Waals surface area contributed by atoms with Crippen molar-refractivity contribution in [3.8, 4) is 0 Å². The molecular formula is C51H27Br6N3. The van der Waals surface area contributed by atoms with Crippen LogP contribution in [-0.4, -0.2) is 13.7 Å². The van der Waals surface area contributed by atoms with Crippen LogP contribution in [0.15, 0.2) is 154 Å². The highest BCUT2D eigenvalue weighted by molar-refractivity contribution is 9.11. The fourth-order valence-corrected chi connectivity index (χ4v) is 13.3. The Morgan fingerprint density at radius 2 is 0.433 bits per heavy atom. The number of nitrogens with zero attached hydrogens (tertiary/aromatic N) is 3. The topological polar surface area (TPSA) is 14.8 Å². The van der Waals surface area contributed by atoms with Gasteiger partial charge in [-0.2, -0.15) is 0 Å². The Balaban J connectivity index is 1.05. The molecule has 0 bridgehead atoms. The Morgan fingerprint density at radius 3 is 0.617 bits per heavy atom. The summed E-state index contributed by atoms with van der Waals surface area (Å²) < 4.78 is 14.1. The molecule has 0 unspecified atom stereocenters. The highest BCUT2D eigenvalue weighted by Crippen LogP contribution is 2.44. The molecule has 0 aliphatic carbocycles. The fraction of sp³-hybridized carbons (Fsp3) is 0.0588. The lowest BCUT2D eigenvalue weighted by Gasteiger charge is -2.16. The van der Waals surface area contributed by atoms with Gasteiger partial charge in [0.25, 0.3) is 0 Å². The van der Waals surface area contributed by atoms with Gasteiger partial charge >= 0.3 is 0 Å². The summed E-state index contributed by atoms with van der Waals surface area (Å²) in [7, 11) is 0. The van der Waals surface area contributed by atoms with E-state index in [1.807, 2.05) is 0 Å². The van der Waals surface area contributed by atoms with Crippen LogP contribution in [0.4, 0.5) is 0 Å². The fourth-order valence-electron chi connectivity index (χ4n) is 10.5. The van der Waals surface area contributed by atoms with E-state index in [9.17, 15) is 0 Å². The molecule has 10 aromatic carbocycles. The van der Waals surface area contributed by atoms with Crippen LogP contribution in [0.25, 0.3) is 97.7 Å². The summed E-state index contributed by atoms with van der Waals surface area (Å²) in [6, 6.07) is 48.0. The molecule has 0 aliphatic rings. The van der Waals surface area contributed by atoms with Gasteiger partial charge in [-0.15, -0.1) is 0 Å². The first-order valence-electron chi connectivity index (χ1n) is 19.6. The summed E-state index contributed by atoms with van der Waals surface area (Å²) >= 11 is 23.2. The summed E-state index contributed by atoms with van der Waals surface area (Å²) in [5.41, 5.74) is 11.2. The van der Waals surface area contributed by atoms with Gasteiger partial charge in [0, 0.05) is 78.8 Å². The third kappa shape index (κ3) is 5.45. The first-order chi connectivity index (χ1) is 29.1. The molecule has 3 aromatic heterocycles. The van der Waals surface area contributed by atoms with Gasteiger partial charge in [-0.25, -0.2) is 0 Å². The van der Waals surface area contributed by atoms with E-state index in [-0.39, 0.29) is 0 Å². The van der Waals surface area contributed by atoms with Gasteiger partial charge in [-0.3, -0.25) is 0 Å². The van der Waals surface area contributed by atoms with E-state index in [1.165, 1.54) is 114 Å². The number of rotatable bonds is 6. The first kappa shape index (κ1) is 36.7. The van der Waals surface area contributed by atoms with Crippen molar-refractivity contribution in [2.45, 2.75) is 19.6 Å². The molecule has 0 fully saturated rings. The molecule has 60 heavy (non-hydrogen) atoms. The van der Waals surface area contributed by atoms with E-state index in [2.05, 4.69) is 237 Å². The zero-order chi connectivity index (χ0) is 40.3. The highest BCUT2D eigenvalue weighted by atomic mass is 79.9.